The number of aryl methyl sites for hydroxylation is 3. The van der Waals surface area contributed by atoms with Gasteiger partial charge in [0.15, 0.2) is 12.4 Å². The van der Waals surface area contributed by atoms with E-state index in [0.29, 0.717) is 11.5 Å². The van der Waals surface area contributed by atoms with Crippen LogP contribution < -0.4 is 10.6 Å². The normalized spacial score (nSPS) is 10.5. The molecule has 1 aromatic carbocycles. The molecule has 3 aromatic rings. The van der Waals surface area contributed by atoms with Crippen LogP contribution >= 0.6 is 0 Å². The number of carbonyl (C=O) groups is 3. The number of amides is 3. The first-order valence-electron chi connectivity index (χ1n) is 9.58. The monoisotopic (exact) mass is 421 g/mol. The number of anilines is 1. The van der Waals surface area contributed by atoms with Crippen molar-refractivity contribution in [1.82, 2.24) is 20.1 Å². The van der Waals surface area contributed by atoms with Crippen molar-refractivity contribution in [2.24, 2.45) is 0 Å². The van der Waals surface area contributed by atoms with Crippen LogP contribution in [0.2, 0.25) is 0 Å². The summed E-state index contributed by atoms with van der Waals surface area (Å²) in [6.07, 6.45) is 1.35. The van der Waals surface area contributed by atoms with Gasteiger partial charge < -0.3 is 10.1 Å². The number of imide groups is 1. The maximum Gasteiger partial charge on any atom is 0.340 e. The Labute approximate surface area is 179 Å². The van der Waals surface area contributed by atoms with Crippen LogP contribution in [0.3, 0.4) is 0 Å². The smallest absolute Gasteiger partial charge is 0.340 e. The molecule has 31 heavy (non-hydrogen) atoms. The van der Waals surface area contributed by atoms with E-state index in [2.05, 4.69) is 20.7 Å². The molecule has 9 heteroatoms. The molecule has 3 amide bonds. The second kappa shape index (κ2) is 9.21. The number of hydrogen-bond acceptors (Lipinski definition) is 6. The van der Waals surface area contributed by atoms with Crippen LogP contribution in [0.25, 0.3) is 5.82 Å². The van der Waals surface area contributed by atoms with Gasteiger partial charge in [0.1, 0.15) is 0 Å². The number of benzene rings is 1. The van der Waals surface area contributed by atoms with E-state index in [0.717, 1.165) is 22.5 Å². The first-order valence-corrected chi connectivity index (χ1v) is 9.58. The zero-order valence-corrected chi connectivity index (χ0v) is 17.7. The SMILES string of the molecule is Cc1cc(C)n(-c2ccc(C(=O)OCC(=O)NC(=O)Nc3cccc(C)c3C)cn2)n1. The fourth-order valence-corrected chi connectivity index (χ4v) is 2.91. The minimum Gasteiger partial charge on any atom is -0.452 e. The van der Waals surface area contributed by atoms with Gasteiger partial charge in [0.05, 0.1) is 11.3 Å². The standard InChI is InChI=1S/C22H23N5O4/c1-13-6-5-7-18(16(13)4)24-22(30)25-20(28)12-31-21(29)17-8-9-19(23-11-17)27-15(3)10-14(2)26-27/h5-11H,12H2,1-4H3,(H2,24,25,28,30). The zero-order chi connectivity index (χ0) is 22.5. The Morgan fingerprint density at radius 3 is 2.48 bits per heavy atom. The molecule has 160 valence electrons. The fraction of sp³-hybridized carbons (Fsp3) is 0.227. The van der Waals surface area contributed by atoms with Crippen molar-refractivity contribution in [3.8, 4) is 5.82 Å². The Bertz CT molecular complexity index is 1140. The Hall–Kier alpha value is -4.01. The third kappa shape index (κ3) is 5.33. The molecule has 9 nitrogen and oxygen atoms in total. The van der Waals surface area contributed by atoms with Gasteiger partial charge in [-0.15, -0.1) is 0 Å². The summed E-state index contributed by atoms with van der Waals surface area (Å²) in [5.74, 6) is -0.913. The number of ether oxygens (including phenoxy) is 1. The Morgan fingerprint density at radius 2 is 1.84 bits per heavy atom. The number of rotatable bonds is 5. The highest BCUT2D eigenvalue weighted by molar-refractivity contribution is 6.02. The van der Waals surface area contributed by atoms with Crippen LogP contribution in [0.5, 0.6) is 0 Å². The van der Waals surface area contributed by atoms with Crippen LogP contribution in [0.15, 0.2) is 42.6 Å². The summed E-state index contributed by atoms with van der Waals surface area (Å²) in [4.78, 5) is 40.3. The molecular formula is C22H23N5O4. The minimum atomic E-state index is -0.747. The summed E-state index contributed by atoms with van der Waals surface area (Å²) in [7, 11) is 0. The van der Waals surface area contributed by atoms with Crippen LogP contribution in [-0.4, -0.2) is 39.3 Å². The molecule has 0 spiro atoms. The topological polar surface area (TPSA) is 115 Å². The van der Waals surface area contributed by atoms with Gasteiger partial charge in [-0.3, -0.25) is 10.1 Å². The molecule has 0 unspecified atom stereocenters. The zero-order valence-electron chi connectivity index (χ0n) is 17.7. The molecule has 0 bridgehead atoms. The molecule has 2 N–H and O–H groups in total. The number of nitrogens with one attached hydrogen (secondary N) is 2. The van der Waals surface area contributed by atoms with Gasteiger partial charge in [0, 0.05) is 17.6 Å². The highest BCUT2D eigenvalue weighted by Gasteiger charge is 2.14. The van der Waals surface area contributed by atoms with Gasteiger partial charge in [0.2, 0.25) is 0 Å². The van der Waals surface area contributed by atoms with E-state index in [9.17, 15) is 14.4 Å². The molecule has 0 saturated carbocycles. The van der Waals surface area contributed by atoms with E-state index in [1.165, 1.54) is 12.3 Å². The average molecular weight is 421 g/mol. The molecule has 0 aliphatic heterocycles. The number of hydrogen-bond donors (Lipinski definition) is 2. The highest BCUT2D eigenvalue weighted by atomic mass is 16.5. The molecule has 0 aliphatic carbocycles. The second-order valence-electron chi connectivity index (χ2n) is 7.07. The summed E-state index contributed by atoms with van der Waals surface area (Å²) in [6.45, 7) is 6.96. The van der Waals surface area contributed by atoms with E-state index in [-0.39, 0.29) is 5.56 Å². The lowest BCUT2D eigenvalue weighted by Gasteiger charge is -2.11. The lowest BCUT2D eigenvalue weighted by Crippen LogP contribution is -2.37. The average Bonchev–Trinajstić information content (AvgIpc) is 3.07. The number of aromatic nitrogens is 3. The first kappa shape index (κ1) is 21.7. The van der Waals surface area contributed by atoms with E-state index in [1.54, 1.807) is 22.9 Å². The van der Waals surface area contributed by atoms with Crippen molar-refractivity contribution >= 4 is 23.6 Å². The van der Waals surface area contributed by atoms with Crippen LogP contribution in [0, 0.1) is 27.7 Å². The van der Waals surface area contributed by atoms with Gasteiger partial charge in [-0.2, -0.15) is 5.10 Å². The van der Waals surface area contributed by atoms with E-state index in [4.69, 9.17) is 4.74 Å². The van der Waals surface area contributed by atoms with Gasteiger partial charge >= 0.3 is 12.0 Å². The molecule has 3 rings (SSSR count). The molecule has 2 heterocycles. The summed E-state index contributed by atoms with van der Waals surface area (Å²) in [5, 5.41) is 9.06. The Balaban J connectivity index is 1.52. The molecule has 0 aliphatic rings. The molecule has 0 atom stereocenters. The maximum atomic E-state index is 12.2. The molecule has 0 radical (unpaired) electrons. The minimum absolute atomic E-state index is 0.179. The van der Waals surface area contributed by atoms with E-state index < -0.39 is 24.5 Å². The van der Waals surface area contributed by atoms with E-state index in [1.807, 2.05) is 39.8 Å². The van der Waals surface area contributed by atoms with Gasteiger partial charge in [-0.25, -0.2) is 19.3 Å². The lowest BCUT2D eigenvalue weighted by molar-refractivity contribution is -0.123. The van der Waals surface area contributed by atoms with Gasteiger partial charge in [0.25, 0.3) is 5.91 Å². The number of nitrogens with zero attached hydrogens (tertiary/aromatic N) is 3. The Kier molecular flexibility index (Phi) is 6.44. The number of esters is 1. The predicted molar refractivity (Wildman–Crippen MR) is 114 cm³/mol. The van der Waals surface area contributed by atoms with Crippen molar-refractivity contribution < 1.29 is 19.1 Å². The number of pyridine rings is 1. The summed E-state index contributed by atoms with van der Waals surface area (Å²) in [5.41, 5.74) is 4.45. The number of urea groups is 1. The molecule has 2 aromatic heterocycles. The molecule has 0 saturated heterocycles. The van der Waals surface area contributed by atoms with Crippen molar-refractivity contribution in [3.63, 3.8) is 0 Å². The number of carbonyl (C=O) groups excluding carboxylic acids is 3. The van der Waals surface area contributed by atoms with Crippen LogP contribution in [0.4, 0.5) is 10.5 Å². The predicted octanol–water partition coefficient (Wildman–Crippen LogP) is 3.01. The van der Waals surface area contributed by atoms with Crippen molar-refractivity contribution in [2.45, 2.75) is 27.7 Å². The first-order chi connectivity index (χ1) is 14.7. The maximum absolute atomic E-state index is 12.2. The third-order valence-electron chi connectivity index (χ3n) is 4.65. The van der Waals surface area contributed by atoms with Crippen LogP contribution in [0.1, 0.15) is 32.9 Å². The summed E-state index contributed by atoms with van der Waals surface area (Å²) >= 11 is 0. The Morgan fingerprint density at radius 1 is 1.06 bits per heavy atom. The summed E-state index contributed by atoms with van der Waals surface area (Å²) < 4.78 is 6.62. The summed E-state index contributed by atoms with van der Waals surface area (Å²) in [6, 6.07) is 9.83. The molecule has 0 fully saturated rings. The molecular weight excluding hydrogens is 398 g/mol. The van der Waals surface area contributed by atoms with Crippen molar-refractivity contribution in [1.29, 1.82) is 0 Å². The van der Waals surface area contributed by atoms with Crippen molar-refractivity contribution in [2.75, 3.05) is 11.9 Å². The largest absolute Gasteiger partial charge is 0.452 e. The van der Waals surface area contributed by atoms with Crippen LogP contribution in [-0.2, 0) is 9.53 Å². The van der Waals surface area contributed by atoms with Gasteiger partial charge in [-0.05, 0) is 63.1 Å². The third-order valence-corrected chi connectivity index (χ3v) is 4.65. The second-order valence-corrected chi connectivity index (χ2v) is 7.07. The van der Waals surface area contributed by atoms with Gasteiger partial charge in [-0.1, -0.05) is 12.1 Å². The highest BCUT2D eigenvalue weighted by Crippen LogP contribution is 2.17. The van der Waals surface area contributed by atoms with Crippen molar-refractivity contribution in [3.05, 3.63) is 70.7 Å². The van der Waals surface area contributed by atoms with E-state index >= 15 is 0 Å². The quantitative estimate of drug-likeness (QED) is 0.612. The fourth-order valence-electron chi connectivity index (χ4n) is 2.91. The lowest BCUT2D eigenvalue weighted by atomic mass is 10.1.